The third-order valence-electron chi connectivity index (χ3n) is 2.05. The summed E-state index contributed by atoms with van der Waals surface area (Å²) in [4.78, 5) is 10.3. The van der Waals surface area contributed by atoms with E-state index in [-0.39, 0.29) is 15.8 Å². The first-order valence-corrected chi connectivity index (χ1v) is 7.24. The van der Waals surface area contributed by atoms with E-state index >= 15 is 0 Å². The van der Waals surface area contributed by atoms with Crippen LogP contribution < -0.4 is 0 Å². The van der Waals surface area contributed by atoms with Gasteiger partial charge in [-0.2, -0.15) is 0 Å². The van der Waals surface area contributed by atoms with Crippen molar-refractivity contribution in [3.8, 4) is 0 Å². The van der Waals surface area contributed by atoms with Crippen LogP contribution in [0.4, 0.5) is 0 Å². The molecule has 7 heteroatoms. The Morgan fingerprint density at radius 3 is 2.24 bits per heavy atom. The third-order valence-corrected chi connectivity index (χ3v) is 4.32. The molecular weight excluding hydrogens is 287 g/mol. The van der Waals surface area contributed by atoms with Gasteiger partial charge in [0.1, 0.15) is 0 Å². The Balaban J connectivity index is 2.87. The van der Waals surface area contributed by atoms with E-state index < -0.39 is 28.0 Å². The Kier molecular flexibility index (Phi) is 4.80. The van der Waals surface area contributed by atoms with Gasteiger partial charge in [-0.25, -0.2) is 8.42 Å². The van der Waals surface area contributed by atoms with Crippen molar-refractivity contribution in [2.45, 2.75) is 12.2 Å². The molecule has 1 N–H and O–H groups in total. The first kappa shape index (κ1) is 14.3. The third kappa shape index (κ3) is 4.53. The van der Waals surface area contributed by atoms with Crippen LogP contribution in [-0.4, -0.2) is 25.2 Å². The molecule has 0 aromatic heterocycles. The largest absolute Gasteiger partial charge is 0.481 e. The number of carboxylic acid groups (broad SMARTS) is 1. The van der Waals surface area contributed by atoms with Gasteiger partial charge in [0.05, 0.1) is 17.9 Å². The Bertz CT molecular complexity index is 505. The van der Waals surface area contributed by atoms with Crippen LogP contribution in [0, 0.1) is 0 Å². The van der Waals surface area contributed by atoms with E-state index in [9.17, 15) is 13.2 Å². The minimum atomic E-state index is -3.52. The lowest BCUT2D eigenvalue weighted by Crippen LogP contribution is -2.13. The molecule has 0 heterocycles. The average molecular weight is 297 g/mol. The topological polar surface area (TPSA) is 71.4 Å². The van der Waals surface area contributed by atoms with Crippen molar-refractivity contribution in [2.24, 2.45) is 0 Å². The Morgan fingerprint density at radius 2 is 1.76 bits per heavy atom. The number of benzene rings is 1. The summed E-state index contributed by atoms with van der Waals surface area (Å²) in [7, 11) is -3.52. The van der Waals surface area contributed by atoms with Crippen molar-refractivity contribution < 1.29 is 18.3 Å². The number of halogens is 2. The normalized spacial score (nSPS) is 11.4. The number of rotatable bonds is 5. The Labute approximate surface area is 109 Å². The van der Waals surface area contributed by atoms with Crippen molar-refractivity contribution in [3.05, 3.63) is 33.8 Å². The molecule has 94 valence electrons. The molecule has 0 unspecified atom stereocenters. The quantitative estimate of drug-likeness (QED) is 0.905. The monoisotopic (exact) mass is 296 g/mol. The zero-order valence-electron chi connectivity index (χ0n) is 8.69. The van der Waals surface area contributed by atoms with E-state index in [0.717, 1.165) is 0 Å². The molecule has 0 saturated heterocycles. The molecule has 0 saturated carbocycles. The van der Waals surface area contributed by atoms with Crippen LogP contribution in [0.1, 0.15) is 12.0 Å². The number of aliphatic carboxylic acids is 1. The molecule has 0 fully saturated rings. The van der Waals surface area contributed by atoms with E-state index in [1.165, 1.54) is 12.1 Å². The highest BCUT2D eigenvalue weighted by Crippen LogP contribution is 2.26. The van der Waals surface area contributed by atoms with Crippen molar-refractivity contribution in [1.29, 1.82) is 0 Å². The summed E-state index contributed by atoms with van der Waals surface area (Å²) >= 11 is 11.7. The maximum Gasteiger partial charge on any atom is 0.304 e. The van der Waals surface area contributed by atoms with E-state index in [0.29, 0.717) is 5.56 Å². The van der Waals surface area contributed by atoms with Crippen LogP contribution >= 0.6 is 23.2 Å². The summed E-state index contributed by atoms with van der Waals surface area (Å²) in [6.45, 7) is 0. The van der Waals surface area contributed by atoms with Gasteiger partial charge in [-0.1, -0.05) is 29.3 Å². The highest BCUT2D eigenvalue weighted by Gasteiger charge is 2.17. The predicted octanol–water partition coefficient (Wildman–Crippen LogP) is 2.38. The van der Waals surface area contributed by atoms with Crippen molar-refractivity contribution in [3.63, 3.8) is 0 Å². The fourth-order valence-corrected chi connectivity index (χ4v) is 3.28. The SMILES string of the molecule is O=C(O)CCS(=O)(=O)Cc1c(Cl)cccc1Cl. The van der Waals surface area contributed by atoms with Gasteiger partial charge in [0.25, 0.3) is 0 Å². The number of carboxylic acids is 1. The highest BCUT2D eigenvalue weighted by atomic mass is 35.5. The molecule has 0 spiro atoms. The summed E-state index contributed by atoms with van der Waals surface area (Å²) in [5.41, 5.74) is 0.307. The van der Waals surface area contributed by atoms with Gasteiger partial charge in [0.2, 0.25) is 0 Å². The van der Waals surface area contributed by atoms with Crippen molar-refractivity contribution in [2.75, 3.05) is 5.75 Å². The van der Waals surface area contributed by atoms with Gasteiger partial charge < -0.3 is 5.11 Å². The number of hydrogen-bond acceptors (Lipinski definition) is 3. The van der Waals surface area contributed by atoms with E-state index in [2.05, 4.69) is 0 Å². The molecule has 0 amide bonds. The minimum Gasteiger partial charge on any atom is -0.481 e. The van der Waals surface area contributed by atoms with Crippen molar-refractivity contribution >= 4 is 39.0 Å². The Hall–Kier alpha value is -0.780. The molecule has 17 heavy (non-hydrogen) atoms. The fraction of sp³-hybridized carbons (Fsp3) is 0.300. The zero-order valence-corrected chi connectivity index (χ0v) is 11.0. The average Bonchev–Trinajstić information content (AvgIpc) is 2.21. The molecule has 0 aliphatic heterocycles. The number of sulfone groups is 1. The second kappa shape index (κ2) is 5.71. The van der Waals surface area contributed by atoms with E-state index in [1.807, 2.05) is 0 Å². The van der Waals surface area contributed by atoms with Gasteiger partial charge in [-0.05, 0) is 12.1 Å². The highest BCUT2D eigenvalue weighted by molar-refractivity contribution is 7.90. The second-order valence-corrected chi connectivity index (χ2v) is 6.43. The van der Waals surface area contributed by atoms with Gasteiger partial charge in [0, 0.05) is 15.6 Å². The van der Waals surface area contributed by atoms with Crippen molar-refractivity contribution in [1.82, 2.24) is 0 Å². The smallest absolute Gasteiger partial charge is 0.304 e. The molecule has 0 aliphatic carbocycles. The molecule has 0 atom stereocenters. The standard InChI is InChI=1S/C10H10Cl2O4S/c11-8-2-1-3-9(12)7(8)6-17(15,16)5-4-10(13)14/h1-3H,4-6H2,(H,13,14). The van der Waals surface area contributed by atoms with Crippen LogP contribution in [0.15, 0.2) is 18.2 Å². The van der Waals surface area contributed by atoms with Crippen LogP contribution in [0.2, 0.25) is 10.0 Å². The molecule has 0 radical (unpaired) electrons. The van der Waals surface area contributed by atoms with Gasteiger partial charge in [-0.15, -0.1) is 0 Å². The molecule has 1 aromatic rings. The summed E-state index contributed by atoms with van der Waals surface area (Å²) in [5, 5.41) is 8.96. The van der Waals surface area contributed by atoms with Crippen LogP contribution in [-0.2, 0) is 20.4 Å². The first-order chi connectivity index (χ1) is 7.82. The maximum absolute atomic E-state index is 11.6. The lowest BCUT2D eigenvalue weighted by Gasteiger charge is -2.07. The van der Waals surface area contributed by atoms with Gasteiger partial charge in [0.15, 0.2) is 9.84 Å². The molecular formula is C10H10Cl2O4S. The molecule has 0 bridgehead atoms. The molecule has 1 aromatic carbocycles. The second-order valence-electron chi connectivity index (χ2n) is 3.44. The van der Waals surface area contributed by atoms with Crippen LogP contribution in [0.25, 0.3) is 0 Å². The van der Waals surface area contributed by atoms with Crippen LogP contribution in [0.5, 0.6) is 0 Å². The first-order valence-electron chi connectivity index (χ1n) is 4.67. The predicted molar refractivity (Wildman–Crippen MR) is 66.2 cm³/mol. The van der Waals surface area contributed by atoms with Gasteiger partial charge >= 0.3 is 5.97 Å². The number of hydrogen-bond donors (Lipinski definition) is 1. The number of carbonyl (C=O) groups is 1. The summed E-state index contributed by atoms with van der Waals surface area (Å²) < 4.78 is 23.3. The summed E-state index contributed by atoms with van der Waals surface area (Å²) in [5.74, 6) is -1.93. The van der Waals surface area contributed by atoms with Gasteiger partial charge in [-0.3, -0.25) is 4.79 Å². The lowest BCUT2D eigenvalue weighted by atomic mass is 10.2. The summed E-state index contributed by atoms with van der Waals surface area (Å²) in [6.07, 6.45) is -0.426. The molecule has 0 aliphatic rings. The molecule has 1 rings (SSSR count). The van der Waals surface area contributed by atoms with Crippen LogP contribution in [0.3, 0.4) is 0 Å². The molecule has 4 nitrogen and oxygen atoms in total. The fourth-order valence-electron chi connectivity index (χ4n) is 1.21. The minimum absolute atomic E-state index is 0.261. The maximum atomic E-state index is 11.6. The lowest BCUT2D eigenvalue weighted by molar-refractivity contribution is -0.136. The van der Waals surface area contributed by atoms with E-state index in [1.54, 1.807) is 6.07 Å². The zero-order chi connectivity index (χ0) is 13.1. The van der Waals surface area contributed by atoms with E-state index in [4.69, 9.17) is 28.3 Å². The summed E-state index contributed by atoms with van der Waals surface area (Å²) in [6, 6.07) is 4.68. The Morgan fingerprint density at radius 1 is 1.24 bits per heavy atom.